The highest BCUT2D eigenvalue weighted by atomic mass is 35.5. The van der Waals surface area contributed by atoms with Gasteiger partial charge in [-0.2, -0.15) is 0 Å². The molecule has 0 heterocycles. The third kappa shape index (κ3) is 5.98. The number of benzene rings is 1. The largest absolute Gasteiger partial charge is 0.462 e. The molecule has 0 radical (unpaired) electrons. The number of carbonyl (C=O) groups is 2. The molecular weight excluding hydrogens is 353 g/mol. The van der Waals surface area contributed by atoms with E-state index in [0.29, 0.717) is 11.3 Å². The van der Waals surface area contributed by atoms with E-state index in [4.69, 9.17) is 16.3 Å². The van der Waals surface area contributed by atoms with Gasteiger partial charge in [-0.15, -0.1) is 11.8 Å². The molecule has 0 aliphatic heterocycles. The summed E-state index contributed by atoms with van der Waals surface area (Å²) in [6, 6.07) is 2.59. The van der Waals surface area contributed by atoms with E-state index in [1.165, 1.54) is 17.8 Å². The van der Waals surface area contributed by atoms with Gasteiger partial charge in [0.15, 0.2) is 0 Å². The Bertz CT molecular complexity index is 608. The van der Waals surface area contributed by atoms with E-state index < -0.39 is 11.1 Å². The zero-order valence-corrected chi connectivity index (χ0v) is 16.1. The molecule has 24 heavy (non-hydrogen) atoms. The fourth-order valence-electron chi connectivity index (χ4n) is 1.75. The van der Waals surface area contributed by atoms with Gasteiger partial charge in [0.05, 0.1) is 16.8 Å². The van der Waals surface area contributed by atoms with Gasteiger partial charge >= 0.3 is 5.97 Å². The lowest BCUT2D eigenvalue weighted by Gasteiger charge is -2.17. The number of hydrogen-bond acceptors (Lipinski definition) is 4. The lowest BCUT2D eigenvalue weighted by atomic mass is 10.2. The highest BCUT2D eigenvalue weighted by molar-refractivity contribution is 8.00. The topological polar surface area (TPSA) is 55.4 Å². The predicted molar refractivity (Wildman–Crippen MR) is 96.0 cm³/mol. The summed E-state index contributed by atoms with van der Waals surface area (Å²) in [6.45, 7) is 8.85. The van der Waals surface area contributed by atoms with Crippen molar-refractivity contribution in [3.8, 4) is 0 Å². The van der Waals surface area contributed by atoms with Crippen molar-refractivity contribution in [2.45, 2.75) is 57.3 Å². The maximum Gasteiger partial charge on any atom is 0.319 e. The van der Waals surface area contributed by atoms with E-state index in [9.17, 15) is 14.0 Å². The van der Waals surface area contributed by atoms with Crippen molar-refractivity contribution in [2.24, 2.45) is 5.92 Å². The Morgan fingerprint density at radius 1 is 1.29 bits per heavy atom. The molecular formula is C17H23ClFNO3S. The lowest BCUT2D eigenvalue weighted by molar-refractivity contribution is -0.146. The molecule has 134 valence electrons. The van der Waals surface area contributed by atoms with Gasteiger partial charge in [-0.05, 0) is 32.4 Å². The van der Waals surface area contributed by atoms with E-state index in [2.05, 4.69) is 5.32 Å². The normalized spacial score (nSPS) is 12.4. The molecule has 4 nitrogen and oxygen atoms in total. The Kier molecular flexibility index (Phi) is 8.03. The van der Waals surface area contributed by atoms with E-state index in [-0.39, 0.29) is 34.6 Å². The second kappa shape index (κ2) is 9.28. The second-order valence-electron chi connectivity index (χ2n) is 5.91. The van der Waals surface area contributed by atoms with Crippen molar-refractivity contribution < 1.29 is 18.7 Å². The molecule has 7 heteroatoms. The van der Waals surface area contributed by atoms with Gasteiger partial charge < -0.3 is 10.1 Å². The lowest BCUT2D eigenvalue weighted by Crippen LogP contribution is -2.23. The van der Waals surface area contributed by atoms with Crippen LogP contribution < -0.4 is 5.32 Å². The first-order valence-corrected chi connectivity index (χ1v) is 9.08. The first-order chi connectivity index (χ1) is 11.1. The summed E-state index contributed by atoms with van der Waals surface area (Å²) in [5.41, 5.74) is 0.0488. The van der Waals surface area contributed by atoms with E-state index in [0.717, 1.165) is 6.07 Å². The Hall–Kier alpha value is -1.27. The molecule has 0 aliphatic rings. The van der Waals surface area contributed by atoms with Crippen LogP contribution in [0.25, 0.3) is 0 Å². The third-order valence-electron chi connectivity index (χ3n) is 3.06. The Balaban J connectivity index is 3.01. The number of halogens is 2. The van der Waals surface area contributed by atoms with Crippen LogP contribution in [0.5, 0.6) is 0 Å². The molecule has 0 spiro atoms. The first kappa shape index (κ1) is 20.8. The van der Waals surface area contributed by atoms with Gasteiger partial charge in [-0.1, -0.05) is 32.4 Å². The summed E-state index contributed by atoms with van der Waals surface area (Å²) >= 11 is 7.29. The van der Waals surface area contributed by atoms with Gasteiger partial charge in [0.2, 0.25) is 5.91 Å². The molecule has 0 saturated heterocycles. The summed E-state index contributed by atoms with van der Waals surface area (Å²) in [5, 5.41) is 2.26. The Labute approximate surface area is 151 Å². The van der Waals surface area contributed by atoms with Crippen molar-refractivity contribution >= 4 is 40.9 Å². The average molecular weight is 376 g/mol. The minimum absolute atomic E-state index is 0.0488. The maximum absolute atomic E-state index is 14.0. The van der Waals surface area contributed by atoms with Crippen LogP contribution in [0.15, 0.2) is 17.0 Å². The number of anilines is 1. The molecule has 1 aromatic rings. The van der Waals surface area contributed by atoms with Gasteiger partial charge in [-0.3, -0.25) is 9.59 Å². The summed E-state index contributed by atoms with van der Waals surface area (Å²) in [6.07, 6.45) is 0.328. The first-order valence-electron chi connectivity index (χ1n) is 7.82. The third-order valence-corrected chi connectivity index (χ3v) is 4.89. The minimum atomic E-state index is -0.615. The molecule has 1 atom stereocenters. The van der Waals surface area contributed by atoms with Crippen LogP contribution in [0.1, 0.15) is 41.0 Å². The molecule has 0 saturated carbocycles. The van der Waals surface area contributed by atoms with Gasteiger partial charge in [0.25, 0.3) is 0 Å². The zero-order valence-electron chi connectivity index (χ0n) is 14.5. The summed E-state index contributed by atoms with van der Waals surface area (Å²) in [7, 11) is 0. The number of amides is 1. The Morgan fingerprint density at radius 2 is 1.92 bits per heavy atom. The standard InChI is InChI=1S/C17H23ClFNO3S/c1-6-14(17(22)23-10(4)5)24-15-8-13(12(19)7-11(15)18)20-16(21)9(2)3/h7-10,14H,6H2,1-5H3,(H,20,21). The molecule has 0 aliphatic carbocycles. The quantitative estimate of drug-likeness (QED) is 0.544. The van der Waals surface area contributed by atoms with Crippen LogP contribution in [-0.4, -0.2) is 23.2 Å². The molecule has 1 unspecified atom stereocenters. The van der Waals surface area contributed by atoms with Crippen LogP contribution in [0.3, 0.4) is 0 Å². The highest BCUT2D eigenvalue weighted by Crippen LogP contribution is 2.36. The molecule has 0 fully saturated rings. The molecule has 1 aromatic carbocycles. The van der Waals surface area contributed by atoms with E-state index in [1.807, 2.05) is 6.92 Å². The minimum Gasteiger partial charge on any atom is -0.462 e. The maximum atomic E-state index is 14.0. The number of esters is 1. The van der Waals surface area contributed by atoms with Crippen molar-refractivity contribution in [1.29, 1.82) is 0 Å². The fourth-order valence-corrected chi connectivity index (χ4v) is 3.02. The number of carbonyl (C=O) groups excluding carboxylic acids is 2. The van der Waals surface area contributed by atoms with Crippen molar-refractivity contribution in [2.75, 3.05) is 5.32 Å². The Morgan fingerprint density at radius 3 is 2.42 bits per heavy atom. The summed E-state index contributed by atoms with van der Waals surface area (Å²) < 4.78 is 19.2. The second-order valence-corrected chi connectivity index (χ2v) is 7.56. The smallest absolute Gasteiger partial charge is 0.319 e. The number of thioether (sulfide) groups is 1. The highest BCUT2D eigenvalue weighted by Gasteiger charge is 2.23. The fraction of sp³-hybridized carbons (Fsp3) is 0.529. The van der Waals surface area contributed by atoms with Crippen molar-refractivity contribution in [3.63, 3.8) is 0 Å². The zero-order chi connectivity index (χ0) is 18.4. The summed E-state index contributed by atoms with van der Waals surface area (Å²) in [4.78, 5) is 24.4. The number of nitrogens with one attached hydrogen (secondary N) is 1. The SMILES string of the molecule is CCC(Sc1cc(NC(=O)C(C)C)c(F)cc1Cl)C(=O)OC(C)C. The van der Waals surface area contributed by atoms with Crippen LogP contribution in [-0.2, 0) is 14.3 Å². The predicted octanol–water partition coefficient (Wildman–Crippen LogP) is 4.90. The van der Waals surface area contributed by atoms with Gasteiger partial charge in [-0.25, -0.2) is 4.39 Å². The van der Waals surface area contributed by atoms with Crippen LogP contribution in [0, 0.1) is 11.7 Å². The van der Waals surface area contributed by atoms with Crippen LogP contribution >= 0.6 is 23.4 Å². The summed E-state index contributed by atoms with van der Waals surface area (Å²) in [5.74, 6) is -1.53. The van der Waals surface area contributed by atoms with Crippen LogP contribution in [0.4, 0.5) is 10.1 Å². The number of ether oxygens (including phenoxy) is 1. The molecule has 0 aromatic heterocycles. The van der Waals surface area contributed by atoms with Crippen molar-refractivity contribution in [3.05, 3.63) is 23.0 Å². The monoisotopic (exact) mass is 375 g/mol. The van der Waals surface area contributed by atoms with Crippen molar-refractivity contribution in [1.82, 2.24) is 0 Å². The van der Waals surface area contributed by atoms with Crippen LogP contribution in [0.2, 0.25) is 5.02 Å². The van der Waals surface area contributed by atoms with Gasteiger partial charge in [0.1, 0.15) is 11.1 Å². The molecule has 1 rings (SSSR count). The number of hydrogen-bond donors (Lipinski definition) is 1. The number of rotatable bonds is 7. The van der Waals surface area contributed by atoms with E-state index >= 15 is 0 Å². The van der Waals surface area contributed by atoms with E-state index in [1.54, 1.807) is 27.7 Å². The average Bonchev–Trinajstić information content (AvgIpc) is 2.47. The molecule has 0 bridgehead atoms. The molecule has 1 amide bonds. The van der Waals surface area contributed by atoms with Gasteiger partial charge in [0, 0.05) is 10.8 Å². The molecule has 1 N–H and O–H groups in total.